The van der Waals surface area contributed by atoms with Gasteiger partial charge in [0.25, 0.3) is 0 Å². The van der Waals surface area contributed by atoms with E-state index >= 15 is 0 Å². The molecule has 0 unspecified atom stereocenters. The summed E-state index contributed by atoms with van der Waals surface area (Å²) in [6, 6.07) is 6.55. The molecule has 1 saturated heterocycles. The lowest BCUT2D eigenvalue weighted by molar-refractivity contribution is 0.317. The molecule has 1 aliphatic rings. The van der Waals surface area contributed by atoms with E-state index in [-0.39, 0.29) is 23.3 Å². The third-order valence-electron chi connectivity index (χ3n) is 3.23. The molecular weight excluding hydrogens is 312 g/mol. The minimum absolute atomic E-state index is 0. The zero-order valence-corrected chi connectivity index (χ0v) is 13.8. The molecule has 1 aliphatic heterocycles. The molecular formula is C14H23ClN2O3S. The van der Waals surface area contributed by atoms with Gasteiger partial charge in [-0.25, -0.2) is 13.1 Å². The molecule has 0 bridgehead atoms. The van der Waals surface area contributed by atoms with Gasteiger partial charge in [0.05, 0.1) is 11.5 Å². The first-order valence-corrected chi connectivity index (χ1v) is 8.56. The average Bonchev–Trinajstić information content (AvgIpc) is 2.46. The van der Waals surface area contributed by atoms with Crippen molar-refractivity contribution in [3.63, 3.8) is 0 Å². The summed E-state index contributed by atoms with van der Waals surface area (Å²) in [7, 11) is -3.44. The van der Waals surface area contributed by atoms with Gasteiger partial charge in [0.2, 0.25) is 10.0 Å². The summed E-state index contributed by atoms with van der Waals surface area (Å²) >= 11 is 0. The maximum absolute atomic E-state index is 12.2. The van der Waals surface area contributed by atoms with Gasteiger partial charge in [-0.3, -0.25) is 0 Å². The van der Waals surface area contributed by atoms with E-state index < -0.39 is 10.0 Å². The number of hydrogen-bond donors (Lipinski definition) is 2. The lowest BCUT2D eigenvalue weighted by atomic mass is 10.1. The van der Waals surface area contributed by atoms with E-state index in [1.807, 2.05) is 6.92 Å². The second-order valence-corrected chi connectivity index (χ2v) is 6.70. The average molecular weight is 335 g/mol. The molecule has 7 heteroatoms. The highest BCUT2D eigenvalue weighted by Gasteiger charge is 2.21. The molecule has 1 aromatic carbocycles. The van der Waals surface area contributed by atoms with Crippen LogP contribution >= 0.6 is 12.4 Å². The fourth-order valence-corrected chi connectivity index (χ4v) is 3.45. The third kappa shape index (κ3) is 5.47. The topological polar surface area (TPSA) is 67.4 Å². The lowest BCUT2D eigenvalue weighted by Gasteiger charge is -2.23. The Bertz CT molecular complexity index is 514. The molecule has 0 spiro atoms. The van der Waals surface area contributed by atoms with Crippen LogP contribution in [-0.4, -0.2) is 34.2 Å². The minimum atomic E-state index is -3.44. The zero-order chi connectivity index (χ0) is 14.4. The van der Waals surface area contributed by atoms with Crippen molar-refractivity contribution < 1.29 is 13.2 Å². The van der Waals surface area contributed by atoms with Crippen molar-refractivity contribution >= 4 is 22.4 Å². The Morgan fingerprint density at radius 2 is 2.05 bits per heavy atom. The maximum atomic E-state index is 12.2. The number of ether oxygens (including phenoxy) is 1. The summed E-state index contributed by atoms with van der Waals surface area (Å²) in [5, 5.41) is 3.19. The third-order valence-corrected chi connectivity index (χ3v) is 4.76. The largest absolute Gasteiger partial charge is 0.494 e. The molecule has 1 atom stereocenters. The van der Waals surface area contributed by atoms with Crippen molar-refractivity contribution in [1.82, 2.24) is 10.0 Å². The highest BCUT2D eigenvalue weighted by atomic mass is 35.5. The summed E-state index contributed by atoms with van der Waals surface area (Å²) in [6.45, 7) is 4.32. The van der Waals surface area contributed by atoms with Crippen molar-refractivity contribution in [2.24, 2.45) is 0 Å². The van der Waals surface area contributed by atoms with Crippen LogP contribution < -0.4 is 14.8 Å². The molecule has 0 saturated carbocycles. The fourth-order valence-electron chi connectivity index (χ4n) is 2.17. The Morgan fingerprint density at radius 3 is 2.62 bits per heavy atom. The van der Waals surface area contributed by atoms with Gasteiger partial charge in [-0.2, -0.15) is 0 Å². The van der Waals surface area contributed by atoms with Crippen LogP contribution in [0, 0.1) is 0 Å². The molecule has 0 aliphatic carbocycles. The van der Waals surface area contributed by atoms with Gasteiger partial charge >= 0.3 is 0 Å². The lowest BCUT2D eigenvalue weighted by Crippen LogP contribution is -2.45. The van der Waals surface area contributed by atoms with Gasteiger partial charge in [-0.1, -0.05) is 6.92 Å². The van der Waals surface area contributed by atoms with Gasteiger partial charge in [0, 0.05) is 12.6 Å². The monoisotopic (exact) mass is 334 g/mol. The predicted octanol–water partition coefficient (Wildman–Crippen LogP) is 1.93. The first-order chi connectivity index (χ1) is 9.62. The molecule has 0 amide bonds. The van der Waals surface area contributed by atoms with Crippen molar-refractivity contribution in [1.29, 1.82) is 0 Å². The first kappa shape index (κ1) is 18.2. The van der Waals surface area contributed by atoms with Crippen molar-refractivity contribution in [2.45, 2.75) is 37.1 Å². The summed E-state index contributed by atoms with van der Waals surface area (Å²) < 4.78 is 32.7. The van der Waals surface area contributed by atoms with E-state index in [0.717, 1.165) is 25.8 Å². The van der Waals surface area contributed by atoms with E-state index in [4.69, 9.17) is 4.74 Å². The van der Waals surface area contributed by atoms with Gasteiger partial charge in [0.15, 0.2) is 0 Å². The molecule has 21 heavy (non-hydrogen) atoms. The second-order valence-electron chi connectivity index (χ2n) is 4.98. The number of sulfonamides is 1. The molecule has 120 valence electrons. The standard InChI is InChI=1S/C14H22N2O3S.ClH/c1-2-10-19-13-5-7-14(8-6-13)20(17,18)16-12-4-3-9-15-11-12;/h5-8,12,15-16H,2-4,9-11H2,1H3;1H/t12-;/m0./s1. The Hall–Kier alpha value is -0.820. The fraction of sp³-hybridized carbons (Fsp3) is 0.571. The van der Waals surface area contributed by atoms with Crippen LogP contribution in [0.1, 0.15) is 26.2 Å². The summed E-state index contributed by atoms with van der Waals surface area (Å²) in [5.41, 5.74) is 0. The number of hydrogen-bond acceptors (Lipinski definition) is 4. The van der Waals surface area contributed by atoms with Gasteiger partial charge in [-0.15, -0.1) is 12.4 Å². The highest BCUT2D eigenvalue weighted by Crippen LogP contribution is 2.17. The van der Waals surface area contributed by atoms with Gasteiger partial charge < -0.3 is 10.1 Å². The van der Waals surface area contributed by atoms with Crippen LogP contribution in [0.15, 0.2) is 29.2 Å². The number of benzene rings is 1. The molecule has 0 aromatic heterocycles. The number of piperidine rings is 1. The van der Waals surface area contributed by atoms with E-state index in [2.05, 4.69) is 10.0 Å². The molecule has 5 nitrogen and oxygen atoms in total. The van der Waals surface area contributed by atoms with Crippen LogP contribution in [0.5, 0.6) is 5.75 Å². The Labute approximate surface area is 132 Å². The van der Waals surface area contributed by atoms with Crippen molar-refractivity contribution in [3.05, 3.63) is 24.3 Å². The number of rotatable bonds is 6. The molecule has 2 N–H and O–H groups in total. The van der Waals surface area contributed by atoms with E-state index in [1.165, 1.54) is 0 Å². The minimum Gasteiger partial charge on any atom is -0.494 e. The summed E-state index contributed by atoms with van der Waals surface area (Å²) in [6.07, 6.45) is 2.80. The van der Waals surface area contributed by atoms with Crippen molar-refractivity contribution in [2.75, 3.05) is 19.7 Å². The molecule has 0 radical (unpaired) electrons. The van der Waals surface area contributed by atoms with E-state index in [0.29, 0.717) is 18.9 Å². The Morgan fingerprint density at radius 1 is 1.33 bits per heavy atom. The normalized spacial score (nSPS) is 18.8. The van der Waals surface area contributed by atoms with Crippen LogP contribution in [0.25, 0.3) is 0 Å². The van der Waals surface area contributed by atoms with Gasteiger partial charge in [-0.05, 0) is 50.1 Å². The zero-order valence-electron chi connectivity index (χ0n) is 12.2. The first-order valence-electron chi connectivity index (χ1n) is 7.08. The van der Waals surface area contributed by atoms with Crippen LogP contribution in [0.2, 0.25) is 0 Å². The maximum Gasteiger partial charge on any atom is 0.240 e. The molecule has 1 heterocycles. The summed E-state index contributed by atoms with van der Waals surface area (Å²) in [5.74, 6) is 0.699. The molecule has 2 rings (SSSR count). The quantitative estimate of drug-likeness (QED) is 0.834. The van der Waals surface area contributed by atoms with Gasteiger partial charge in [0.1, 0.15) is 5.75 Å². The predicted molar refractivity (Wildman–Crippen MR) is 85.7 cm³/mol. The van der Waals surface area contributed by atoms with Crippen molar-refractivity contribution in [3.8, 4) is 5.75 Å². The second kappa shape index (κ2) is 8.58. The summed E-state index contributed by atoms with van der Waals surface area (Å²) in [4.78, 5) is 0.284. The van der Waals surface area contributed by atoms with Crippen LogP contribution in [0.4, 0.5) is 0 Å². The number of halogens is 1. The molecule has 1 aromatic rings. The van der Waals surface area contributed by atoms with E-state index in [9.17, 15) is 8.42 Å². The van der Waals surface area contributed by atoms with E-state index in [1.54, 1.807) is 24.3 Å². The Kier molecular flexibility index (Phi) is 7.45. The van der Waals surface area contributed by atoms with Crippen LogP contribution in [0.3, 0.4) is 0 Å². The SMILES string of the molecule is CCCOc1ccc(S(=O)(=O)N[C@H]2CCCNC2)cc1.Cl. The Balaban J connectivity index is 0.00000220. The highest BCUT2D eigenvalue weighted by molar-refractivity contribution is 7.89. The number of nitrogens with one attached hydrogen (secondary N) is 2. The smallest absolute Gasteiger partial charge is 0.240 e. The molecule has 1 fully saturated rings. The van der Waals surface area contributed by atoms with Crippen LogP contribution in [-0.2, 0) is 10.0 Å².